The summed E-state index contributed by atoms with van der Waals surface area (Å²) in [6, 6.07) is 10.6. The van der Waals surface area contributed by atoms with Crippen LogP contribution in [0.3, 0.4) is 0 Å². The summed E-state index contributed by atoms with van der Waals surface area (Å²) in [7, 11) is 0.859. The molecule has 0 aliphatic rings. The van der Waals surface area contributed by atoms with Gasteiger partial charge in [0.1, 0.15) is 0 Å². The van der Waals surface area contributed by atoms with Crippen molar-refractivity contribution in [1.29, 1.82) is 0 Å². The standard InChI is InChI=1S/C9H14NP/c1-11-10-8-7-9-5-3-2-4-6-9/h2-6,10-11H,7-8H2,1H3. The summed E-state index contributed by atoms with van der Waals surface area (Å²) in [5.74, 6) is 0. The number of hydrogen-bond acceptors (Lipinski definition) is 1. The maximum atomic E-state index is 3.32. The van der Waals surface area contributed by atoms with Gasteiger partial charge >= 0.3 is 0 Å². The first-order chi connectivity index (χ1) is 5.43. The van der Waals surface area contributed by atoms with Crippen molar-refractivity contribution in [2.24, 2.45) is 0 Å². The zero-order chi connectivity index (χ0) is 7.94. The highest BCUT2D eigenvalue weighted by Gasteiger charge is 1.88. The lowest BCUT2D eigenvalue weighted by Gasteiger charge is -2.00. The molecule has 1 atom stereocenters. The fourth-order valence-corrected chi connectivity index (χ4v) is 1.35. The molecule has 1 N–H and O–H groups in total. The minimum Gasteiger partial charge on any atom is -0.298 e. The highest BCUT2D eigenvalue weighted by molar-refractivity contribution is 7.34. The van der Waals surface area contributed by atoms with Crippen LogP contribution in [0.15, 0.2) is 30.3 Å². The van der Waals surface area contributed by atoms with Gasteiger partial charge in [0.05, 0.1) is 0 Å². The van der Waals surface area contributed by atoms with Gasteiger partial charge in [-0.3, -0.25) is 5.09 Å². The third-order valence-electron chi connectivity index (χ3n) is 1.56. The van der Waals surface area contributed by atoms with Crippen molar-refractivity contribution in [3.8, 4) is 0 Å². The number of benzene rings is 1. The summed E-state index contributed by atoms with van der Waals surface area (Å²) in [4.78, 5) is 0. The van der Waals surface area contributed by atoms with Crippen LogP contribution < -0.4 is 5.09 Å². The second-order valence-electron chi connectivity index (χ2n) is 2.41. The van der Waals surface area contributed by atoms with E-state index in [2.05, 4.69) is 42.1 Å². The van der Waals surface area contributed by atoms with Crippen LogP contribution in [0.1, 0.15) is 5.56 Å². The molecule has 0 saturated heterocycles. The molecule has 60 valence electrons. The number of rotatable bonds is 4. The van der Waals surface area contributed by atoms with Crippen LogP contribution in [0.2, 0.25) is 0 Å². The largest absolute Gasteiger partial charge is 0.298 e. The van der Waals surface area contributed by atoms with Crippen molar-refractivity contribution in [3.63, 3.8) is 0 Å². The molecule has 0 spiro atoms. The van der Waals surface area contributed by atoms with Crippen molar-refractivity contribution in [3.05, 3.63) is 35.9 Å². The lowest BCUT2D eigenvalue weighted by Crippen LogP contribution is -2.05. The highest BCUT2D eigenvalue weighted by Crippen LogP contribution is 2.00. The van der Waals surface area contributed by atoms with Gasteiger partial charge < -0.3 is 0 Å². The Morgan fingerprint density at radius 2 is 2.00 bits per heavy atom. The Morgan fingerprint density at radius 3 is 2.64 bits per heavy atom. The first-order valence-corrected chi connectivity index (χ1v) is 5.37. The molecule has 11 heavy (non-hydrogen) atoms. The summed E-state index contributed by atoms with van der Waals surface area (Å²) >= 11 is 0. The predicted molar refractivity (Wildman–Crippen MR) is 52.4 cm³/mol. The first-order valence-electron chi connectivity index (χ1n) is 3.87. The van der Waals surface area contributed by atoms with Gasteiger partial charge in [-0.1, -0.05) is 39.1 Å². The smallest absolute Gasteiger partial charge is 0.00283 e. The van der Waals surface area contributed by atoms with Crippen molar-refractivity contribution in [2.75, 3.05) is 13.2 Å². The molecule has 0 heterocycles. The monoisotopic (exact) mass is 167 g/mol. The summed E-state index contributed by atoms with van der Waals surface area (Å²) < 4.78 is 0. The van der Waals surface area contributed by atoms with Crippen molar-refractivity contribution >= 4 is 8.73 Å². The minimum atomic E-state index is 0.859. The number of hydrogen-bond donors (Lipinski definition) is 1. The molecule has 0 bridgehead atoms. The van der Waals surface area contributed by atoms with Crippen LogP contribution in [0, 0.1) is 0 Å². The molecule has 1 unspecified atom stereocenters. The molecule has 0 saturated carbocycles. The van der Waals surface area contributed by atoms with Crippen LogP contribution in [0.25, 0.3) is 0 Å². The molecule has 0 amide bonds. The molecule has 1 rings (SSSR count). The van der Waals surface area contributed by atoms with E-state index in [0.717, 1.165) is 21.7 Å². The molecule has 1 aromatic carbocycles. The molecule has 1 aromatic rings. The van der Waals surface area contributed by atoms with Gasteiger partial charge in [-0.2, -0.15) is 0 Å². The van der Waals surface area contributed by atoms with Crippen LogP contribution in [-0.2, 0) is 6.42 Å². The Kier molecular flexibility index (Phi) is 4.18. The molecule has 0 aliphatic heterocycles. The highest BCUT2D eigenvalue weighted by atomic mass is 31.1. The third-order valence-corrected chi connectivity index (χ3v) is 2.16. The Labute approximate surface area is 70.0 Å². The van der Waals surface area contributed by atoms with E-state index in [-0.39, 0.29) is 0 Å². The SMILES string of the molecule is CPNCCc1ccccc1. The maximum Gasteiger partial charge on any atom is 0.00283 e. The van der Waals surface area contributed by atoms with E-state index in [0.29, 0.717) is 0 Å². The maximum absolute atomic E-state index is 3.32. The Bertz CT molecular complexity index is 186. The van der Waals surface area contributed by atoms with E-state index >= 15 is 0 Å². The van der Waals surface area contributed by atoms with Gasteiger partial charge in [-0.15, -0.1) is 0 Å². The molecule has 0 aromatic heterocycles. The fourth-order valence-electron chi connectivity index (χ4n) is 0.977. The van der Waals surface area contributed by atoms with Gasteiger partial charge in [-0.25, -0.2) is 0 Å². The van der Waals surface area contributed by atoms with Crippen LogP contribution >= 0.6 is 8.73 Å². The van der Waals surface area contributed by atoms with E-state index < -0.39 is 0 Å². The average molecular weight is 167 g/mol. The topological polar surface area (TPSA) is 12.0 Å². The summed E-state index contributed by atoms with van der Waals surface area (Å²) in [6.45, 7) is 3.25. The van der Waals surface area contributed by atoms with Gasteiger partial charge in [0, 0.05) is 6.54 Å². The van der Waals surface area contributed by atoms with Crippen molar-refractivity contribution in [2.45, 2.75) is 6.42 Å². The summed E-state index contributed by atoms with van der Waals surface area (Å²) in [6.07, 6.45) is 1.14. The van der Waals surface area contributed by atoms with Gasteiger partial charge in [0.15, 0.2) is 0 Å². The van der Waals surface area contributed by atoms with E-state index in [1.807, 2.05) is 0 Å². The second kappa shape index (κ2) is 5.29. The molecular weight excluding hydrogens is 153 g/mol. The molecule has 2 heteroatoms. The van der Waals surface area contributed by atoms with Crippen molar-refractivity contribution in [1.82, 2.24) is 5.09 Å². The third kappa shape index (κ3) is 3.50. The van der Waals surface area contributed by atoms with Gasteiger partial charge in [0.25, 0.3) is 0 Å². The van der Waals surface area contributed by atoms with E-state index in [4.69, 9.17) is 0 Å². The molecule has 0 aliphatic carbocycles. The summed E-state index contributed by atoms with van der Waals surface area (Å²) in [5.41, 5.74) is 1.42. The minimum absolute atomic E-state index is 0.859. The lowest BCUT2D eigenvalue weighted by molar-refractivity contribution is 0.905. The summed E-state index contributed by atoms with van der Waals surface area (Å²) in [5, 5.41) is 3.32. The molecule has 0 fully saturated rings. The second-order valence-corrected chi connectivity index (χ2v) is 3.27. The quantitative estimate of drug-likeness (QED) is 0.534. The molecule has 1 nitrogen and oxygen atoms in total. The van der Waals surface area contributed by atoms with Crippen LogP contribution in [0.5, 0.6) is 0 Å². The zero-order valence-corrected chi connectivity index (χ0v) is 7.80. The van der Waals surface area contributed by atoms with E-state index in [1.165, 1.54) is 5.56 Å². The average Bonchev–Trinajstić information content (AvgIpc) is 2.07. The van der Waals surface area contributed by atoms with Gasteiger partial charge in [0.2, 0.25) is 0 Å². The molecule has 0 radical (unpaired) electrons. The number of nitrogens with one attached hydrogen (secondary N) is 1. The van der Waals surface area contributed by atoms with Crippen LogP contribution in [0.4, 0.5) is 0 Å². The Hall–Kier alpha value is -0.390. The van der Waals surface area contributed by atoms with E-state index in [1.54, 1.807) is 0 Å². The lowest BCUT2D eigenvalue weighted by atomic mass is 10.2. The Morgan fingerprint density at radius 1 is 1.27 bits per heavy atom. The normalized spacial score (nSPS) is 11.0. The predicted octanol–water partition coefficient (Wildman–Crippen LogP) is 2.04. The zero-order valence-electron chi connectivity index (χ0n) is 6.80. The Balaban J connectivity index is 2.28. The van der Waals surface area contributed by atoms with Crippen LogP contribution in [-0.4, -0.2) is 13.2 Å². The van der Waals surface area contributed by atoms with E-state index in [9.17, 15) is 0 Å². The van der Waals surface area contributed by atoms with Crippen molar-refractivity contribution < 1.29 is 0 Å². The molecular formula is C9H14NP. The van der Waals surface area contributed by atoms with Gasteiger partial charge in [-0.05, 0) is 18.6 Å². The fraction of sp³-hybridized carbons (Fsp3) is 0.333. The first kappa shape index (κ1) is 8.70.